The van der Waals surface area contributed by atoms with E-state index in [1.165, 1.54) is 0 Å². The topological polar surface area (TPSA) is 147 Å². The Balaban J connectivity index is 1.43. The number of rotatable bonds is 12. The van der Waals surface area contributed by atoms with Crippen LogP contribution in [0.3, 0.4) is 0 Å². The number of amides is 3. The van der Waals surface area contributed by atoms with Gasteiger partial charge in [0.1, 0.15) is 6.04 Å². The number of hydrogen-bond donors (Lipinski definition) is 4. The zero-order valence-electron chi connectivity index (χ0n) is 25.1. The quantitative estimate of drug-likeness (QED) is 0.121. The van der Waals surface area contributed by atoms with Crippen molar-refractivity contribution < 1.29 is 23.7 Å². The van der Waals surface area contributed by atoms with E-state index in [4.69, 9.17) is 15.0 Å². The van der Waals surface area contributed by atoms with E-state index < -0.39 is 13.2 Å². The van der Waals surface area contributed by atoms with Crippen LogP contribution >= 0.6 is 0 Å². The minimum atomic E-state index is -0.771. The van der Waals surface area contributed by atoms with Crippen molar-refractivity contribution in [1.29, 1.82) is 0 Å². The van der Waals surface area contributed by atoms with Crippen LogP contribution < -0.4 is 21.7 Å². The molecule has 3 aliphatic carbocycles. The molecule has 5 aliphatic rings. The Labute approximate surface area is 239 Å². The van der Waals surface area contributed by atoms with Gasteiger partial charge >= 0.3 is 7.12 Å². The van der Waals surface area contributed by atoms with Crippen molar-refractivity contribution in [2.75, 3.05) is 26.7 Å². The van der Waals surface area contributed by atoms with Crippen LogP contribution in [0.4, 0.5) is 0 Å². The summed E-state index contributed by atoms with van der Waals surface area (Å²) in [5.41, 5.74) is 5.59. The number of aliphatic imine (C=N–C) groups is 1. The first-order valence-electron chi connectivity index (χ1n) is 15.0. The van der Waals surface area contributed by atoms with E-state index in [1.807, 2.05) is 0 Å². The van der Waals surface area contributed by atoms with Crippen LogP contribution in [0.15, 0.2) is 4.99 Å². The molecule has 0 spiro atoms. The van der Waals surface area contributed by atoms with Crippen LogP contribution in [0.5, 0.6) is 0 Å². The molecule has 0 radical (unpaired) electrons. The van der Waals surface area contributed by atoms with E-state index in [0.717, 1.165) is 19.3 Å². The molecular formula is C28H49BN6O5. The lowest BCUT2D eigenvalue weighted by Gasteiger charge is -2.64. The van der Waals surface area contributed by atoms with Gasteiger partial charge in [-0.3, -0.25) is 19.4 Å². The van der Waals surface area contributed by atoms with E-state index in [0.29, 0.717) is 62.5 Å². The maximum atomic E-state index is 13.7. The van der Waals surface area contributed by atoms with Gasteiger partial charge in [-0.1, -0.05) is 27.7 Å². The predicted molar refractivity (Wildman–Crippen MR) is 154 cm³/mol. The first kappa shape index (κ1) is 30.6. The molecule has 0 aromatic heterocycles. The third kappa shape index (κ3) is 6.43. The van der Waals surface area contributed by atoms with E-state index in [9.17, 15) is 14.4 Å². The van der Waals surface area contributed by atoms with Crippen molar-refractivity contribution in [1.82, 2.24) is 20.9 Å². The monoisotopic (exact) mass is 560 g/mol. The van der Waals surface area contributed by atoms with Crippen LogP contribution in [0.2, 0.25) is 0 Å². The molecule has 6 atom stereocenters. The molecule has 2 aliphatic heterocycles. The standard InChI is InChI=1S/C28H49BN6O5/c1-17(2)13-22(29-39-21-15-18-14-20(27(18,3)4)28(21,5)40-29)34-25(38)19(9-7-11-32-26(30)31-6)33-23(36)16-35-12-8-10-24(35)37/h17-22H,7-16H2,1-6H3,(H,33,36)(H,34,38)(H3,30,31,32)/t18-,19-,20-,21+,22-,28-/m0/s1. The third-order valence-corrected chi connectivity index (χ3v) is 9.72. The highest BCUT2D eigenvalue weighted by atomic mass is 16.7. The number of hydrogen-bond acceptors (Lipinski definition) is 6. The Morgan fingerprint density at radius 2 is 1.98 bits per heavy atom. The fraction of sp³-hybridized carbons (Fsp3) is 0.857. The molecule has 5 fully saturated rings. The highest BCUT2D eigenvalue weighted by Crippen LogP contribution is 2.65. The molecule has 0 unspecified atom stereocenters. The number of carbonyl (C=O) groups is 3. The Kier molecular flexibility index (Phi) is 9.39. The zero-order chi connectivity index (χ0) is 29.2. The maximum Gasteiger partial charge on any atom is 0.481 e. The number of guanidine groups is 1. The molecule has 12 heteroatoms. The Bertz CT molecular complexity index is 992. The van der Waals surface area contributed by atoms with Crippen molar-refractivity contribution in [3.8, 4) is 0 Å². The Hall–Kier alpha value is -2.34. The summed E-state index contributed by atoms with van der Waals surface area (Å²) in [6, 6.07) is -0.771. The molecule has 0 aromatic carbocycles. The fourth-order valence-corrected chi connectivity index (χ4v) is 7.26. The average molecular weight is 561 g/mol. The van der Waals surface area contributed by atoms with E-state index >= 15 is 0 Å². The minimum absolute atomic E-state index is 0.0195. The summed E-state index contributed by atoms with van der Waals surface area (Å²) in [5.74, 6) is 0.686. The average Bonchev–Trinajstić information content (AvgIpc) is 3.46. The van der Waals surface area contributed by atoms with Crippen LogP contribution in [-0.2, 0) is 23.7 Å². The third-order valence-electron chi connectivity index (χ3n) is 9.72. The lowest BCUT2D eigenvalue weighted by molar-refractivity contribution is -0.199. The summed E-state index contributed by atoms with van der Waals surface area (Å²) in [6.45, 7) is 12.1. The van der Waals surface area contributed by atoms with E-state index in [-0.39, 0.29) is 47.3 Å². The fourth-order valence-electron chi connectivity index (χ4n) is 7.26. The molecule has 2 heterocycles. The van der Waals surface area contributed by atoms with E-state index in [2.05, 4.69) is 55.6 Å². The number of nitrogens with two attached hydrogens (primary N) is 1. The van der Waals surface area contributed by atoms with Crippen LogP contribution in [0, 0.1) is 23.2 Å². The number of nitrogens with zero attached hydrogens (tertiary/aromatic N) is 2. The molecule has 3 amide bonds. The maximum absolute atomic E-state index is 13.7. The minimum Gasteiger partial charge on any atom is -0.404 e. The van der Waals surface area contributed by atoms with Crippen molar-refractivity contribution in [2.24, 2.45) is 33.9 Å². The highest BCUT2D eigenvalue weighted by Gasteiger charge is 2.68. The second-order valence-electron chi connectivity index (χ2n) is 13.3. The second-order valence-corrected chi connectivity index (χ2v) is 13.3. The van der Waals surface area contributed by atoms with Gasteiger partial charge in [0.15, 0.2) is 5.96 Å². The summed E-state index contributed by atoms with van der Waals surface area (Å²) in [5, 5.41) is 9.06. The molecule has 224 valence electrons. The molecule has 40 heavy (non-hydrogen) atoms. The first-order valence-corrected chi connectivity index (χ1v) is 15.0. The predicted octanol–water partition coefficient (Wildman–Crippen LogP) is 1.21. The molecular weight excluding hydrogens is 511 g/mol. The lowest BCUT2D eigenvalue weighted by atomic mass is 9.43. The van der Waals surface area contributed by atoms with Gasteiger partial charge in [-0.2, -0.15) is 0 Å². The van der Waals surface area contributed by atoms with Gasteiger partial charge in [0.25, 0.3) is 0 Å². The van der Waals surface area contributed by atoms with Crippen molar-refractivity contribution in [2.45, 2.75) is 103 Å². The summed E-state index contributed by atoms with van der Waals surface area (Å²) < 4.78 is 13.2. The molecule has 0 aromatic rings. The lowest BCUT2D eigenvalue weighted by Crippen LogP contribution is -2.65. The smallest absolute Gasteiger partial charge is 0.404 e. The molecule has 11 nitrogen and oxygen atoms in total. The van der Waals surface area contributed by atoms with Crippen molar-refractivity contribution in [3.05, 3.63) is 0 Å². The number of likely N-dealkylation sites (tertiary alicyclic amines) is 1. The second kappa shape index (κ2) is 12.3. The highest BCUT2D eigenvalue weighted by molar-refractivity contribution is 6.48. The van der Waals surface area contributed by atoms with Gasteiger partial charge in [-0.05, 0) is 68.6 Å². The number of nitrogens with one attached hydrogen (secondary N) is 3. The largest absolute Gasteiger partial charge is 0.481 e. The van der Waals surface area contributed by atoms with Gasteiger partial charge in [-0.15, -0.1) is 0 Å². The molecule has 3 saturated carbocycles. The van der Waals surface area contributed by atoms with Crippen molar-refractivity contribution >= 4 is 30.8 Å². The summed E-state index contributed by atoms with van der Waals surface area (Å²) in [7, 11) is 1.05. The van der Waals surface area contributed by atoms with Crippen LogP contribution in [0.1, 0.15) is 79.6 Å². The van der Waals surface area contributed by atoms with Gasteiger partial charge in [-0.25, -0.2) is 0 Å². The first-order chi connectivity index (χ1) is 18.8. The summed E-state index contributed by atoms with van der Waals surface area (Å²) in [6.07, 6.45) is 5.03. The SMILES string of the molecule is CN=C(N)NCCC[C@H](NC(=O)CN1CCCC1=O)C(=O)N[C@@H](CC(C)C)B1O[C@@H]2C[C@@H]3C[C@@H](C3(C)C)[C@]2(C)O1. The molecule has 5 rings (SSSR count). The van der Waals surface area contributed by atoms with Gasteiger partial charge in [0, 0.05) is 26.6 Å². The molecule has 2 bridgehead atoms. The van der Waals surface area contributed by atoms with Gasteiger partial charge < -0.3 is 35.9 Å². The van der Waals surface area contributed by atoms with Crippen LogP contribution in [-0.4, -0.2) is 86.1 Å². The normalized spacial score (nSPS) is 30.5. The van der Waals surface area contributed by atoms with Gasteiger partial charge in [0.2, 0.25) is 17.7 Å². The van der Waals surface area contributed by atoms with E-state index in [1.54, 1.807) is 11.9 Å². The summed E-state index contributed by atoms with van der Waals surface area (Å²) >= 11 is 0. The number of carbonyl (C=O) groups excluding carboxylic acids is 3. The molecule has 2 saturated heterocycles. The van der Waals surface area contributed by atoms with Gasteiger partial charge in [0.05, 0.1) is 24.2 Å². The Morgan fingerprint density at radius 1 is 1.23 bits per heavy atom. The summed E-state index contributed by atoms with van der Waals surface area (Å²) in [4.78, 5) is 44.1. The Morgan fingerprint density at radius 3 is 2.60 bits per heavy atom. The van der Waals surface area contributed by atoms with Crippen molar-refractivity contribution in [3.63, 3.8) is 0 Å². The van der Waals surface area contributed by atoms with Crippen LogP contribution in [0.25, 0.3) is 0 Å². The zero-order valence-corrected chi connectivity index (χ0v) is 25.1. The molecule has 5 N–H and O–H groups in total.